The van der Waals surface area contributed by atoms with Gasteiger partial charge in [-0.1, -0.05) is 6.92 Å². The molecule has 0 atom stereocenters. The fourth-order valence-corrected chi connectivity index (χ4v) is 1.17. The Bertz CT molecular complexity index is 365. The SMILES string of the molecule is CCCNc1nc(C)cc(NCC(F)(F)F)n1. The van der Waals surface area contributed by atoms with Crippen LogP contribution in [0, 0.1) is 6.92 Å². The third kappa shape index (κ3) is 5.37. The fourth-order valence-electron chi connectivity index (χ4n) is 1.17. The number of nitrogens with one attached hydrogen (secondary N) is 2. The van der Waals surface area contributed by atoms with Gasteiger partial charge in [-0.15, -0.1) is 0 Å². The van der Waals surface area contributed by atoms with Crippen molar-refractivity contribution >= 4 is 11.8 Å². The van der Waals surface area contributed by atoms with Crippen molar-refractivity contribution in [3.63, 3.8) is 0 Å². The first-order chi connectivity index (χ1) is 7.90. The summed E-state index contributed by atoms with van der Waals surface area (Å²) in [6.45, 7) is 3.27. The van der Waals surface area contributed by atoms with Gasteiger partial charge in [0, 0.05) is 18.3 Å². The molecule has 0 aromatic carbocycles. The summed E-state index contributed by atoms with van der Waals surface area (Å²) in [5.41, 5.74) is 0.614. The third-order valence-electron chi connectivity index (χ3n) is 1.86. The molecule has 0 amide bonds. The topological polar surface area (TPSA) is 49.8 Å². The van der Waals surface area contributed by atoms with Gasteiger partial charge in [0.25, 0.3) is 0 Å². The van der Waals surface area contributed by atoms with E-state index in [2.05, 4.69) is 20.6 Å². The van der Waals surface area contributed by atoms with Crippen LogP contribution < -0.4 is 10.6 Å². The number of anilines is 2. The Morgan fingerprint density at radius 1 is 1.24 bits per heavy atom. The van der Waals surface area contributed by atoms with E-state index in [-0.39, 0.29) is 5.82 Å². The lowest BCUT2D eigenvalue weighted by atomic mass is 10.4. The highest BCUT2D eigenvalue weighted by molar-refractivity contribution is 5.42. The van der Waals surface area contributed by atoms with Gasteiger partial charge >= 0.3 is 6.18 Å². The van der Waals surface area contributed by atoms with Crippen molar-refractivity contribution < 1.29 is 13.2 Å². The van der Waals surface area contributed by atoms with E-state index in [0.29, 0.717) is 18.2 Å². The van der Waals surface area contributed by atoms with Gasteiger partial charge in [-0.05, 0) is 13.3 Å². The molecule has 1 aromatic heterocycles. The van der Waals surface area contributed by atoms with Crippen molar-refractivity contribution in [1.29, 1.82) is 0 Å². The van der Waals surface area contributed by atoms with E-state index in [9.17, 15) is 13.2 Å². The van der Waals surface area contributed by atoms with E-state index >= 15 is 0 Å². The predicted molar refractivity (Wildman–Crippen MR) is 60.1 cm³/mol. The van der Waals surface area contributed by atoms with Crippen molar-refractivity contribution in [2.24, 2.45) is 0 Å². The average molecular weight is 248 g/mol. The highest BCUT2D eigenvalue weighted by atomic mass is 19.4. The summed E-state index contributed by atoms with van der Waals surface area (Å²) < 4.78 is 36.1. The van der Waals surface area contributed by atoms with Crippen LogP contribution in [0.3, 0.4) is 0 Å². The van der Waals surface area contributed by atoms with Crippen molar-refractivity contribution in [1.82, 2.24) is 9.97 Å². The van der Waals surface area contributed by atoms with E-state index in [1.54, 1.807) is 6.92 Å². The Labute approximate surface area is 97.7 Å². The summed E-state index contributed by atoms with van der Waals surface area (Å²) in [4.78, 5) is 8.01. The summed E-state index contributed by atoms with van der Waals surface area (Å²) in [5.74, 6) is 0.518. The Balaban J connectivity index is 2.68. The summed E-state index contributed by atoms with van der Waals surface area (Å²) in [5, 5.41) is 5.16. The summed E-state index contributed by atoms with van der Waals surface area (Å²) in [6.07, 6.45) is -3.36. The van der Waals surface area contributed by atoms with Crippen LogP contribution in [0.25, 0.3) is 0 Å². The molecule has 0 unspecified atom stereocenters. The molecule has 2 N–H and O–H groups in total. The Kier molecular flexibility index (Phi) is 4.53. The summed E-state index contributed by atoms with van der Waals surface area (Å²) in [7, 11) is 0. The van der Waals surface area contributed by atoms with Crippen LogP contribution in [0.15, 0.2) is 6.07 Å². The van der Waals surface area contributed by atoms with E-state index in [1.165, 1.54) is 6.07 Å². The first kappa shape index (κ1) is 13.5. The molecule has 0 saturated carbocycles. The summed E-state index contributed by atoms with van der Waals surface area (Å²) in [6, 6.07) is 1.48. The van der Waals surface area contributed by atoms with Gasteiger partial charge < -0.3 is 10.6 Å². The molecule has 0 aliphatic carbocycles. The van der Waals surface area contributed by atoms with Gasteiger partial charge in [0.2, 0.25) is 5.95 Å². The number of alkyl halides is 3. The molecule has 4 nitrogen and oxygen atoms in total. The molecule has 0 radical (unpaired) electrons. The molecule has 1 aromatic rings. The second-order valence-electron chi connectivity index (χ2n) is 3.61. The molecular formula is C10H15F3N4. The van der Waals surface area contributed by atoms with Crippen LogP contribution in [0.5, 0.6) is 0 Å². The van der Waals surface area contributed by atoms with Crippen molar-refractivity contribution in [2.45, 2.75) is 26.4 Å². The molecule has 7 heteroatoms. The second-order valence-corrected chi connectivity index (χ2v) is 3.61. The standard InChI is InChI=1S/C10H15F3N4/c1-3-4-14-9-16-7(2)5-8(17-9)15-6-10(11,12)13/h5H,3-4,6H2,1-2H3,(H2,14,15,16,17). The molecule has 0 aliphatic heterocycles. The fraction of sp³-hybridized carbons (Fsp3) is 0.600. The molecule has 0 aliphatic rings. The van der Waals surface area contributed by atoms with Crippen LogP contribution in [0.2, 0.25) is 0 Å². The second kappa shape index (κ2) is 5.70. The van der Waals surface area contributed by atoms with E-state index in [0.717, 1.165) is 6.42 Å². The zero-order chi connectivity index (χ0) is 12.9. The number of hydrogen-bond acceptors (Lipinski definition) is 4. The zero-order valence-corrected chi connectivity index (χ0v) is 9.73. The maximum Gasteiger partial charge on any atom is 0.405 e. The number of aromatic nitrogens is 2. The van der Waals surface area contributed by atoms with E-state index in [4.69, 9.17) is 0 Å². The van der Waals surface area contributed by atoms with Gasteiger partial charge in [0.05, 0.1) is 0 Å². The molecular weight excluding hydrogens is 233 g/mol. The lowest BCUT2D eigenvalue weighted by Crippen LogP contribution is -2.22. The molecule has 0 spiro atoms. The third-order valence-corrected chi connectivity index (χ3v) is 1.86. The predicted octanol–water partition coefficient (Wildman–Crippen LogP) is 2.58. The largest absolute Gasteiger partial charge is 0.405 e. The van der Waals surface area contributed by atoms with Gasteiger partial charge in [0.1, 0.15) is 12.4 Å². The van der Waals surface area contributed by atoms with E-state index in [1.807, 2.05) is 6.92 Å². The Morgan fingerprint density at radius 3 is 2.53 bits per heavy atom. The van der Waals surface area contributed by atoms with Gasteiger partial charge in [0.15, 0.2) is 0 Å². The van der Waals surface area contributed by atoms with Crippen molar-refractivity contribution in [2.75, 3.05) is 23.7 Å². The quantitative estimate of drug-likeness (QED) is 0.840. The highest BCUT2D eigenvalue weighted by Gasteiger charge is 2.26. The van der Waals surface area contributed by atoms with Crippen LogP contribution in [-0.4, -0.2) is 29.2 Å². The van der Waals surface area contributed by atoms with Gasteiger partial charge in [-0.25, -0.2) is 4.98 Å². The zero-order valence-electron chi connectivity index (χ0n) is 9.73. The minimum absolute atomic E-state index is 0.174. The molecule has 1 rings (SSSR count). The van der Waals surface area contributed by atoms with Crippen LogP contribution in [-0.2, 0) is 0 Å². The molecule has 17 heavy (non-hydrogen) atoms. The minimum Gasteiger partial charge on any atom is -0.361 e. The van der Waals surface area contributed by atoms with Crippen LogP contribution in [0.4, 0.5) is 24.9 Å². The first-order valence-corrected chi connectivity index (χ1v) is 5.31. The molecule has 0 bridgehead atoms. The Morgan fingerprint density at radius 2 is 1.94 bits per heavy atom. The summed E-state index contributed by atoms with van der Waals surface area (Å²) >= 11 is 0. The molecule has 1 heterocycles. The minimum atomic E-state index is -4.25. The number of aryl methyl sites for hydroxylation is 1. The first-order valence-electron chi connectivity index (χ1n) is 5.31. The van der Waals surface area contributed by atoms with Gasteiger partial charge in [-0.3, -0.25) is 0 Å². The van der Waals surface area contributed by atoms with Crippen molar-refractivity contribution in [3.8, 4) is 0 Å². The number of halogens is 3. The maximum atomic E-state index is 12.0. The lowest BCUT2D eigenvalue weighted by molar-refractivity contribution is -0.115. The van der Waals surface area contributed by atoms with Crippen molar-refractivity contribution in [3.05, 3.63) is 11.8 Å². The van der Waals surface area contributed by atoms with Gasteiger partial charge in [-0.2, -0.15) is 18.2 Å². The smallest absolute Gasteiger partial charge is 0.361 e. The highest BCUT2D eigenvalue weighted by Crippen LogP contribution is 2.16. The molecule has 0 fully saturated rings. The Hall–Kier alpha value is -1.53. The van der Waals surface area contributed by atoms with E-state index < -0.39 is 12.7 Å². The average Bonchev–Trinajstić information content (AvgIpc) is 2.22. The monoisotopic (exact) mass is 248 g/mol. The number of nitrogens with zero attached hydrogens (tertiary/aromatic N) is 2. The molecule has 0 saturated heterocycles. The van der Waals surface area contributed by atoms with Crippen LogP contribution >= 0.6 is 0 Å². The number of rotatable bonds is 5. The maximum absolute atomic E-state index is 12.0. The normalized spacial score (nSPS) is 11.4. The number of hydrogen-bond donors (Lipinski definition) is 2. The molecule has 96 valence electrons. The lowest BCUT2D eigenvalue weighted by Gasteiger charge is -2.11. The van der Waals surface area contributed by atoms with Crippen LogP contribution in [0.1, 0.15) is 19.0 Å².